The van der Waals surface area contributed by atoms with Crippen LogP contribution in [-0.2, 0) is 10.8 Å². The third kappa shape index (κ3) is 4.29. The minimum absolute atomic E-state index is 0.00881. The van der Waals surface area contributed by atoms with Crippen molar-refractivity contribution in [3.8, 4) is 34.4 Å². The summed E-state index contributed by atoms with van der Waals surface area (Å²) in [7, 11) is 3.20. The molecule has 5 nitrogen and oxygen atoms in total. The maximum absolute atomic E-state index is 6.08. The first-order valence-electron chi connectivity index (χ1n) is 9.76. The molecule has 0 aliphatic heterocycles. The Hall–Kier alpha value is -2.82. The van der Waals surface area contributed by atoms with Crippen molar-refractivity contribution < 1.29 is 13.9 Å². The second-order valence-electron chi connectivity index (χ2n) is 9.25. The van der Waals surface area contributed by atoms with Gasteiger partial charge in [0.1, 0.15) is 0 Å². The summed E-state index contributed by atoms with van der Waals surface area (Å²) in [6.45, 7) is 13.2. The molecule has 0 atom stereocenters. The fraction of sp³-hybridized carbons (Fsp3) is 0.417. The number of methoxy groups -OCH3 is 2. The Morgan fingerprint density at radius 1 is 0.759 bits per heavy atom. The third-order valence-electron chi connectivity index (χ3n) is 4.97. The summed E-state index contributed by atoms with van der Waals surface area (Å²) in [6, 6.07) is 12.1. The van der Waals surface area contributed by atoms with Gasteiger partial charge in [-0.25, -0.2) is 0 Å². The number of hydrogen-bond acceptors (Lipinski definition) is 5. The minimum Gasteiger partial charge on any atom is -0.493 e. The molecule has 0 fully saturated rings. The average molecular weight is 395 g/mol. The zero-order valence-corrected chi connectivity index (χ0v) is 18.6. The molecule has 0 radical (unpaired) electrons. The number of hydrogen-bond donors (Lipinski definition) is 0. The van der Waals surface area contributed by atoms with Gasteiger partial charge in [-0.3, -0.25) is 0 Å². The molecule has 154 valence electrons. The first kappa shape index (κ1) is 20.9. The molecule has 0 saturated heterocycles. The van der Waals surface area contributed by atoms with Crippen LogP contribution in [0.5, 0.6) is 11.5 Å². The zero-order chi connectivity index (χ0) is 21.4. The third-order valence-corrected chi connectivity index (χ3v) is 4.97. The highest BCUT2D eigenvalue weighted by molar-refractivity contribution is 5.69. The molecule has 0 aliphatic rings. The van der Waals surface area contributed by atoms with Gasteiger partial charge in [0.15, 0.2) is 11.5 Å². The topological polar surface area (TPSA) is 57.4 Å². The van der Waals surface area contributed by atoms with E-state index < -0.39 is 0 Å². The van der Waals surface area contributed by atoms with Crippen molar-refractivity contribution in [2.75, 3.05) is 14.2 Å². The average Bonchev–Trinajstić information content (AvgIpc) is 3.15. The molecule has 0 bridgehead atoms. The van der Waals surface area contributed by atoms with Crippen molar-refractivity contribution in [2.45, 2.75) is 52.4 Å². The Kier molecular flexibility index (Phi) is 5.44. The normalized spacial score (nSPS) is 12.1. The predicted octanol–water partition coefficient (Wildman–Crippen LogP) is 6.02. The van der Waals surface area contributed by atoms with E-state index >= 15 is 0 Å². The molecule has 1 aromatic heterocycles. The quantitative estimate of drug-likeness (QED) is 0.542. The van der Waals surface area contributed by atoms with Crippen LogP contribution in [0.25, 0.3) is 22.9 Å². The smallest absolute Gasteiger partial charge is 0.252 e. The van der Waals surface area contributed by atoms with Gasteiger partial charge in [-0.2, -0.15) is 0 Å². The monoisotopic (exact) mass is 394 g/mol. The summed E-state index contributed by atoms with van der Waals surface area (Å²) in [6.07, 6.45) is 0. The Bertz CT molecular complexity index is 975. The highest BCUT2D eigenvalue weighted by atomic mass is 16.5. The molecular weight excluding hydrogens is 364 g/mol. The van der Waals surface area contributed by atoms with Crippen molar-refractivity contribution in [1.29, 1.82) is 0 Å². The van der Waals surface area contributed by atoms with Crippen LogP contribution in [0.3, 0.4) is 0 Å². The maximum Gasteiger partial charge on any atom is 0.252 e. The molecule has 5 heteroatoms. The summed E-state index contributed by atoms with van der Waals surface area (Å²) in [4.78, 5) is 0. The lowest BCUT2D eigenvalue weighted by molar-refractivity contribution is 0.355. The fourth-order valence-electron chi connectivity index (χ4n) is 3.12. The van der Waals surface area contributed by atoms with E-state index in [1.54, 1.807) is 14.2 Å². The minimum atomic E-state index is 0.00881. The molecule has 0 unspecified atom stereocenters. The number of benzene rings is 2. The second kappa shape index (κ2) is 7.54. The molecule has 0 saturated carbocycles. The van der Waals surface area contributed by atoms with Crippen LogP contribution in [0.2, 0.25) is 0 Å². The Balaban J connectivity index is 2.12. The molecule has 0 spiro atoms. The molecule has 29 heavy (non-hydrogen) atoms. The lowest BCUT2D eigenvalue weighted by Gasteiger charge is -2.25. The van der Waals surface area contributed by atoms with Crippen LogP contribution >= 0.6 is 0 Å². The van der Waals surface area contributed by atoms with Crippen LogP contribution in [0.1, 0.15) is 52.7 Å². The SMILES string of the molecule is COc1cccc(-c2nnc(-c3cc(C(C)(C)C)cc(C(C)(C)C)c3)o2)c1OC. The Morgan fingerprint density at radius 3 is 1.86 bits per heavy atom. The Morgan fingerprint density at radius 2 is 1.34 bits per heavy atom. The highest BCUT2D eigenvalue weighted by Crippen LogP contribution is 2.39. The van der Waals surface area contributed by atoms with E-state index in [9.17, 15) is 0 Å². The van der Waals surface area contributed by atoms with Crippen molar-refractivity contribution in [3.63, 3.8) is 0 Å². The summed E-state index contributed by atoms with van der Waals surface area (Å²) >= 11 is 0. The van der Waals surface area contributed by atoms with Gasteiger partial charge < -0.3 is 13.9 Å². The largest absolute Gasteiger partial charge is 0.493 e. The van der Waals surface area contributed by atoms with Crippen LogP contribution in [0.15, 0.2) is 40.8 Å². The zero-order valence-electron chi connectivity index (χ0n) is 18.6. The van der Waals surface area contributed by atoms with Crippen LogP contribution in [-0.4, -0.2) is 24.4 Å². The van der Waals surface area contributed by atoms with Gasteiger partial charge in [0, 0.05) is 5.56 Å². The van der Waals surface area contributed by atoms with Crippen molar-refractivity contribution in [1.82, 2.24) is 10.2 Å². The van der Waals surface area contributed by atoms with Gasteiger partial charge >= 0.3 is 0 Å². The van der Waals surface area contributed by atoms with E-state index in [4.69, 9.17) is 13.9 Å². The molecule has 3 rings (SSSR count). The summed E-state index contributed by atoms with van der Waals surface area (Å²) < 4.78 is 17.0. The summed E-state index contributed by atoms with van der Waals surface area (Å²) in [5.74, 6) is 2.08. The van der Waals surface area contributed by atoms with Gasteiger partial charge in [0.2, 0.25) is 5.89 Å². The molecule has 2 aromatic carbocycles. The fourth-order valence-corrected chi connectivity index (χ4v) is 3.12. The second-order valence-corrected chi connectivity index (χ2v) is 9.25. The standard InChI is InChI=1S/C24H30N2O3/c1-23(2,3)16-12-15(13-17(14-16)24(4,5)6)21-25-26-22(29-21)18-10-9-11-19(27-7)20(18)28-8/h9-14H,1-8H3. The van der Waals surface area contributed by atoms with Gasteiger partial charge in [0.05, 0.1) is 19.8 Å². The first-order valence-corrected chi connectivity index (χ1v) is 9.76. The van der Waals surface area contributed by atoms with E-state index in [0.29, 0.717) is 28.8 Å². The molecule has 3 aromatic rings. The molecule has 1 heterocycles. The number of rotatable bonds is 4. The lowest BCUT2D eigenvalue weighted by Crippen LogP contribution is -2.16. The molecular formula is C24H30N2O3. The van der Waals surface area contributed by atoms with E-state index in [1.807, 2.05) is 18.2 Å². The van der Waals surface area contributed by atoms with Gasteiger partial charge in [-0.1, -0.05) is 53.7 Å². The molecule has 0 amide bonds. The Labute approximate surface area is 173 Å². The van der Waals surface area contributed by atoms with Crippen molar-refractivity contribution in [3.05, 3.63) is 47.5 Å². The van der Waals surface area contributed by atoms with E-state index in [-0.39, 0.29) is 10.8 Å². The first-order chi connectivity index (χ1) is 13.5. The van der Waals surface area contributed by atoms with Gasteiger partial charge in [-0.15, -0.1) is 10.2 Å². The summed E-state index contributed by atoms with van der Waals surface area (Å²) in [5, 5.41) is 8.61. The van der Waals surface area contributed by atoms with E-state index in [0.717, 1.165) is 5.56 Å². The van der Waals surface area contributed by atoms with E-state index in [2.05, 4.69) is 69.9 Å². The number of ether oxygens (including phenoxy) is 2. The van der Waals surface area contributed by atoms with Gasteiger partial charge in [0.25, 0.3) is 5.89 Å². The highest BCUT2D eigenvalue weighted by Gasteiger charge is 2.23. The number of nitrogens with zero attached hydrogens (tertiary/aromatic N) is 2. The summed E-state index contributed by atoms with van der Waals surface area (Å²) in [5.41, 5.74) is 4.11. The van der Waals surface area contributed by atoms with Crippen molar-refractivity contribution in [2.24, 2.45) is 0 Å². The number of para-hydroxylation sites is 1. The maximum atomic E-state index is 6.08. The van der Waals surface area contributed by atoms with E-state index in [1.165, 1.54) is 11.1 Å². The van der Waals surface area contributed by atoms with Crippen molar-refractivity contribution >= 4 is 0 Å². The van der Waals surface area contributed by atoms with Crippen LogP contribution < -0.4 is 9.47 Å². The van der Waals surface area contributed by atoms with Crippen LogP contribution in [0, 0.1) is 0 Å². The molecule has 0 aliphatic carbocycles. The molecule has 0 N–H and O–H groups in total. The predicted molar refractivity (Wildman–Crippen MR) is 116 cm³/mol. The number of aromatic nitrogens is 2. The van der Waals surface area contributed by atoms with Gasteiger partial charge in [-0.05, 0) is 46.2 Å². The van der Waals surface area contributed by atoms with Crippen LogP contribution in [0.4, 0.5) is 0 Å². The lowest BCUT2D eigenvalue weighted by atomic mass is 9.79.